The zero-order valence-electron chi connectivity index (χ0n) is 48.5. The maximum absolute atomic E-state index is 12.0. The van der Waals surface area contributed by atoms with Crippen LogP contribution in [-0.2, 0) is 12.4 Å². The highest BCUT2D eigenvalue weighted by atomic mass is 35.5. The number of rotatable bonds is 1. The van der Waals surface area contributed by atoms with Crippen molar-refractivity contribution in [3.63, 3.8) is 0 Å². The second-order valence-electron chi connectivity index (χ2n) is 18.6. The van der Waals surface area contributed by atoms with E-state index in [-0.39, 0.29) is 5.56 Å². The zero-order valence-corrected chi connectivity index (χ0v) is 55.3. The maximum Gasteiger partial charge on any atom is 0.416 e. The fourth-order valence-corrected chi connectivity index (χ4v) is 7.71. The van der Waals surface area contributed by atoms with Gasteiger partial charge in [0.2, 0.25) is 0 Å². The van der Waals surface area contributed by atoms with Gasteiger partial charge in [-0.15, -0.1) is 0 Å². The minimum Gasteiger partial charge on any atom is -0.497 e. The largest absolute Gasteiger partial charge is 0.497 e. The van der Waals surface area contributed by atoms with E-state index in [4.69, 9.17) is 109 Å². The molecule has 0 bridgehead atoms. The van der Waals surface area contributed by atoms with Crippen LogP contribution in [0.4, 0.5) is 26.3 Å². The molecule has 9 aromatic carbocycles. The number of hydrogen-bond acceptors (Lipinski definition) is 1. The zero-order chi connectivity index (χ0) is 63.9. The van der Waals surface area contributed by atoms with Gasteiger partial charge in [0, 0.05) is 35.2 Å². The monoisotopic (exact) mass is 1330 g/mol. The van der Waals surface area contributed by atoms with Crippen LogP contribution >= 0.6 is 104 Å². The SMILES string of the molecule is COc1ccc(C)c(Cl)c1.Cc1ccc(C)c(Cl)c1.Cc1ccc(Cl)c(C)c1.Cc1ccc(Cl)cc1.Cc1ccc(Cl)cc1Cl.Cc1cccc(C(F)(F)F)c1.Cc1cccc(Cl)c1Cl.Cc1ccccc1C(F)(F)F.Cc1ccccc1Cl. The summed E-state index contributed by atoms with van der Waals surface area (Å²) in [6, 6.07) is 55.0. The van der Waals surface area contributed by atoms with E-state index in [2.05, 4.69) is 19.1 Å². The molecule has 84 heavy (non-hydrogen) atoms. The van der Waals surface area contributed by atoms with Crippen LogP contribution in [0.15, 0.2) is 188 Å². The molecule has 0 saturated carbocycles. The third-order valence-electron chi connectivity index (χ3n) is 11.2. The first-order valence-electron chi connectivity index (χ1n) is 25.4. The van der Waals surface area contributed by atoms with Crippen LogP contribution in [0, 0.1) is 76.2 Å². The van der Waals surface area contributed by atoms with Crippen molar-refractivity contribution in [2.24, 2.45) is 0 Å². The molecule has 1 nitrogen and oxygen atoms in total. The number of alkyl halides is 6. The van der Waals surface area contributed by atoms with Crippen molar-refractivity contribution in [2.45, 2.75) is 88.5 Å². The summed E-state index contributed by atoms with van der Waals surface area (Å²) in [7, 11) is 1.63. The molecule has 450 valence electrons. The van der Waals surface area contributed by atoms with Gasteiger partial charge in [-0.05, 0) is 193 Å². The average molecular weight is 1330 g/mol. The van der Waals surface area contributed by atoms with E-state index in [9.17, 15) is 26.3 Å². The molecule has 0 amide bonds. The molecule has 0 aliphatic rings. The van der Waals surface area contributed by atoms with Crippen molar-refractivity contribution in [1.82, 2.24) is 0 Å². The van der Waals surface area contributed by atoms with Gasteiger partial charge in [-0.3, -0.25) is 0 Å². The molecule has 0 aliphatic heterocycles. The molecule has 0 atom stereocenters. The Labute approximate surface area is 538 Å². The van der Waals surface area contributed by atoms with E-state index in [1.165, 1.54) is 41.8 Å². The van der Waals surface area contributed by atoms with E-state index in [1.54, 1.807) is 44.4 Å². The Kier molecular flexibility index (Phi) is 36.3. The van der Waals surface area contributed by atoms with Crippen LogP contribution in [0.25, 0.3) is 0 Å². The van der Waals surface area contributed by atoms with Gasteiger partial charge in [0.1, 0.15) is 5.75 Å². The molecule has 0 aromatic heterocycles. The smallest absolute Gasteiger partial charge is 0.416 e. The van der Waals surface area contributed by atoms with E-state index in [1.807, 2.05) is 165 Å². The Morgan fingerprint density at radius 1 is 0.286 bits per heavy atom. The lowest BCUT2D eigenvalue weighted by Gasteiger charge is -2.08. The Morgan fingerprint density at radius 2 is 0.702 bits per heavy atom. The Balaban J connectivity index is 0.000000473. The molecule has 16 heteroatoms. The first-order chi connectivity index (χ1) is 39.2. The van der Waals surface area contributed by atoms with Gasteiger partial charge in [0.15, 0.2) is 0 Å². The highest BCUT2D eigenvalue weighted by Crippen LogP contribution is 2.32. The van der Waals surface area contributed by atoms with Gasteiger partial charge in [-0.1, -0.05) is 236 Å². The lowest BCUT2D eigenvalue weighted by molar-refractivity contribution is -0.138. The maximum atomic E-state index is 12.0. The highest BCUT2D eigenvalue weighted by molar-refractivity contribution is 6.42. The number of aryl methyl sites for hydroxylation is 11. The summed E-state index contributed by atoms with van der Waals surface area (Å²) in [5.74, 6) is 0.801. The standard InChI is InChI=1S/C8H9ClO.2C8H9Cl.2C8H7F3.2C7H6Cl2.2C7H7Cl/c1-6-3-4-7(10-2)5-8(6)9;1-6-3-4-8(9)7(2)5-6;1-6-3-4-7(2)8(9)5-6;1-6-3-2-4-7(5-6)8(9,10)11;1-6-4-2-3-5-7(6)8(9,10)11;1-5-2-3-6(8)4-7(5)9;1-5-3-2-4-6(8)7(5)9;1-6-2-4-7(8)5-3-6;1-6-4-2-3-5-7(6)8/h3-5H,1-2H3;2*3-5H,1-2H3;2*2-5H,1H3;2*2-4H,1H3;2*2-5H,1H3. The Hall–Kier alpha value is -5.03. The predicted octanol–water partition coefficient (Wildman–Crippen LogP) is 26.5. The first-order valence-corrected chi connectivity index (χ1v) is 28.8. The second kappa shape index (κ2) is 39.6. The number of benzene rings is 9. The van der Waals surface area contributed by atoms with Crippen LogP contribution in [0.5, 0.6) is 5.75 Å². The minimum absolute atomic E-state index is 0.264. The highest BCUT2D eigenvalue weighted by Gasteiger charge is 2.31. The van der Waals surface area contributed by atoms with E-state index in [0.29, 0.717) is 20.6 Å². The Bertz CT molecular complexity index is 3200. The summed E-state index contributed by atoms with van der Waals surface area (Å²) >= 11 is 51.5. The fraction of sp³-hybridized carbons (Fsp3) is 0.206. The van der Waals surface area contributed by atoms with E-state index in [0.717, 1.165) is 87.5 Å². The van der Waals surface area contributed by atoms with Gasteiger partial charge in [0.05, 0.1) is 28.3 Å². The van der Waals surface area contributed by atoms with Crippen molar-refractivity contribution < 1.29 is 31.1 Å². The van der Waals surface area contributed by atoms with Crippen molar-refractivity contribution in [2.75, 3.05) is 7.11 Å². The molecular weight excluding hydrogens is 1270 g/mol. The number of halogens is 15. The van der Waals surface area contributed by atoms with E-state index < -0.39 is 23.5 Å². The second-order valence-corrected chi connectivity index (χ2v) is 22.3. The summed E-state index contributed by atoms with van der Waals surface area (Å²) < 4.78 is 77.0. The summed E-state index contributed by atoms with van der Waals surface area (Å²) in [6.07, 6.45) is -8.43. The predicted molar refractivity (Wildman–Crippen MR) is 352 cm³/mol. The lowest BCUT2D eigenvalue weighted by atomic mass is 10.1. The summed E-state index contributed by atoms with van der Waals surface area (Å²) in [6.45, 7) is 21.0. The van der Waals surface area contributed by atoms with Crippen molar-refractivity contribution >= 4 is 104 Å². The molecule has 0 spiro atoms. The average Bonchev–Trinajstić information content (AvgIpc) is 3.56. The summed E-state index contributed by atoms with van der Waals surface area (Å²) in [5.41, 5.74) is 10.0. The molecule has 0 N–H and O–H groups in total. The van der Waals surface area contributed by atoms with E-state index >= 15 is 0 Å². The molecule has 0 saturated heterocycles. The molecule has 9 aromatic rings. The number of ether oxygens (including phenoxy) is 1. The summed E-state index contributed by atoms with van der Waals surface area (Å²) in [5, 5.41) is 6.78. The van der Waals surface area contributed by atoms with Crippen LogP contribution in [0.1, 0.15) is 72.3 Å². The van der Waals surface area contributed by atoms with Gasteiger partial charge < -0.3 is 4.74 Å². The molecule has 0 aliphatic carbocycles. The van der Waals surface area contributed by atoms with Crippen molar-refractivity contribution in [1.29, 1.82) is 0 Å². The third-order valence-corrected chi connectivity index (χ3v) is 14.7. The molecule has 9 rings (SSSR count). The van der Waals surface area contributed by atoms with Crippen LogP contribution in [-0.4, -0.2) is 7.11 Å². The quantitative estimate of drug-likeness (QED) is 0.149. The number of methoxy groups -OCH3 is 1. The minimum atomic E-state index is -4.22. The van der Waals surface area contributed by atoms with Crippen LogP contribution < -0.4 is 4.74 Å². The van der Waals surface area contributed by atoms with Gasteiger partial charge in [-0.25, -0.2) is 0 Å². The van der Waals surface area contributed by atoms with Gasteiger partial charge in [-0.2, -0.15) is 26.3 Å². The molecule has 0 fully saturated rings. The molecule has 0 heterocycles. The van der Waals surface area contributed by atoms with Crippen molar-refractivity contribution in [3.8, 4) is 5.75 Å². The van der Waals surface area contributed by atoms with Gasteiger partial charge in [0.25, 0.3) is 0 Å². The van der Waals surface area contributed by atoms with Crippen LogP contribution in [0.2, 0.25) is 45.2 Å². The topological polar surface area (TPSA) is 9.23 Å². The van der Waals surface area contributed by atoms with Crippen molar-refractivity contribution in [3.05, 3.63) is 306 Å². The van der Waals surface area contributed by atoms with Crippen LogP contribution in [0.3, 0.4) is 0 Å². The lowest BCUT2D eigenvalue weighted by Crippen LogP contribution is -2.06. The molecule has 0 unspecified atom stereocenters. The fourth-order valence-electron chi connectivity index (χ4n) is 6.17. The normalized spacial score (nSPS) is 10.1. The molecular formula is C68H67Cl9F6O. The number of hydrogen-bond donors (Lipinski definition) is 0. The first kappa shape index (κ1) is 77.0. The summed E-state index contributed by atoms with van der Waals surface area (Å²) in [4.78, 5) is 0. The van der Waals surface area contributed by atoms with Gasteiger partial charge >= 0.3 is 12.4 Å². The molecule has 0 radical (unpaired) electrons. The Morgan fingerprint density at radius 3 is 1.08 bits per heavy atom. The third kappa shape index (κ3) is 32.5.